The van der Waals surface area contributed by atoms with E-state index in [0.717, 1.165) is 0 Å². The van der Waals surface area contributed by atoms with Crippen molar-refractivity contribution in [3.05, 3.63) is 61.2 Å². The second kappa shape index (κ2) is 4.96. The molecular weight excluding hydrogens is 248 g/mol. The van der Waals surface area contributed by atoms with Gasteiger partial charge in [0.1, 0.15) is 12.4 Å². The molecule has 0 fully saturated rings. The molecule has 1 aliphatic rings. The van der Waals surface area contributed by atoms with Crippen molar-refractivity contribution in [1.29, 1.82) is 0 Å². The van der Waals surface area contributed by atoms with Crippen LogP contribution in [-0.4, -0.2) is 6.17 Å². The van der Waals surface area contributed by atoms with E-state index in [1.807, 2.05) is 12.1 Å². The number of pyridine rings is 2. The van der Waals surface area contributed by atoms with Crippen LogP contribution in [0.2, 0.25) is 0 Å². The Labute approximate surface area is 119 Å². The van der Waals surface area contributed by atoms with E-state index in [4.69, 9.17) is 0 Å². The molecule has 0 radical (unpaired) electrons. The molecule has 0 aliphatic carbocycles. The van der Waals surface area contributed by atoms with Gasteiger partial charge in [0.2, 0.25) is 6.17 Å². The Hall–Kier alpha value is -2.36. The Bertz CT molecular complexity index is 595. The average molecular weight is 268 g/mol. The fourth-order valence-electron chi connectivity index (χ4n) is 2.63. The topological polar surface area (TPSA) is 14.2 Å². The summed E-state index contributed by atoms with van der Waals surface area (Å²) >= 11 is 0. The highest BCUT2D eigenvalue weighted by Crippen LogP contribution is 2.24. The fourth-order valence-corrected chi connectivity index (χ4v) is 2.63. The van der Waals surface area contributed by atoms with Crippen LogP contribution >= 0.6 is 0 Å². The predicted molar refractivity (Wildman–Crippen MR) is 78.8 cm³/mol. The highest BCUT2D eigenvalue weighted by atomic mass is 15.4. The third-order valence-corrected chi connectivity index (χ3v) is 3.78. The van der Waals surface area contributed by atoms with Crippen LogP contribution in [0.1, 0.15) is 6.92 Å². The van der Waals surface area contributed by atoms with Crippen LogP contribution in [0.4, 0.5) is 11.6 Å². The third kappa shape index (κ3) is 2.03. The summed E-state index contributed by atoms with van der Waals surface area (Å²) in [4.78, 5) is 4.54. The minimum atomic E-state index is 0.247. The van der Waals surface area contributed by atoms with Gasteiger partial charge in [-0.25, -0.2) is 9.13 Å². The lowest BCUT2D eigenvalue weighted by Gasteiger charge is -2.19. The average Bonchev–Trinajstić information content (AvgIpc) is 2.82. The van der Waals surface area contributed by atoms with E-state index < -0.39 is 0 Å². The largest absolute Gasteiger partial charge is 0.284 e. The zero-order valence-electron chi connectivity index (χ0n) is 12.1. The lowest BCUT2D eigenvalue weighted by atomic mass is 10.3. The summed E-state index contributed by atoms with van der Waals surface area (Å²) in [5, 5.41) is 0. The van der Waals surface area contributed by atoms with Crippen LogP contribution in [-0.2, 0) is 14.1 Å². The zero-order chi connectivity index (χ0) is 14.1. The van der Waals surface area contributed by atoms with Gasteiger partial charge < -0.3 is 0 Å². The first kappa shape index (κ1) is 12.7. The van der Waals surface area contributed by atoms with Crippen molar-refractivity contribution in [2.75, 3.05) is 9.80 Å². The minimum Gasteiger partial charge on any atom is -0.237 e. The van der Waals surface area contributed by atoms with Gasteiger partial charge in [0.05, 0.1) is 26.5 Å². The molecule has 0 spiro atoms. The van der Waals surface area contributed by atoms with Gasteiger partial charge in [0.25, 0.3) is 11.6 Å². The van der Waals surface area contributed by atoms with Gasteiger partial charge in [-0.15, -0.1) is 0 Å². The summed E-state index contributed by atoms with van der Waals surface area (Å²) in [6.07, 6.45) is 8.65. The molecule has 3 rings (SSSR count). The molecular formula is C16H20N4+2. The van der Waals surface area contributed by atoms with Gasteiger partial charge in [-0.05, 0) is 12.1 Å². The van der Waals surface area contributed by atoms with Crippen molar-refractivity contribution in [1.82, 2.24) is 0 Å². The van der Waals surface area contributed by atoms with Crippen molar-refractivity contribution < 1.29 is 9.13 Å². The van der Waals surface area contributed by atoms with E-state index >= 15 is 0 Å². The molecule has 4 heteroatoms. The second-order valence-corrected chi connectivity index (χ2v) is 5.08. The standard InChI is InChI=1S/C16H20N4/c1-14-19(15-8-4-6-10-17(15)2)12-13-20(14)16-9-5-7-11-18(16)3/h4-14H,1-3H3/q+2. The monoisotopic (exact) mass is 268 g/mol. The van der Waals surface area contributed by atoms with E-state index in [9.17, 15) is 0 Å². The molecule has 0 aromatic carbocycles. The first-order valence-electron chi connectivity index (χ1n) is 6.83. The predicted octanol–water partition coefficient (Wildman–Crippen LogP) is 1.48. The molecule has 2 aromatic rings. The van der Waals surface area contributed by atoms with Crippen molar-refractivity contribution in [3.63, 3.8) is 0 Å². The number of nitrogens with zero attached hydrogens (tertiary/aromatic N) is 4. The number of aryl methyl sites for hydroxylation is 2. The number of hydrogen-bond acceptors (Lipinski definition) is 2. The van der Waals surface area contributed by atoms with E-state index in [1.165, 1.54) is 11.6 Å². The van der Waals surface area contributed by atoms with E-state index in [0.29, 0.717) is 0 Å². The Morgan fingerprint density at radius 2 is 1.25 bits per heavy atom. The van der Waals surface area contributed by atoms with Crippen LogP contribution in [0.15, 0.2) is 61.2 Å². The molecule has 20 heavy (non-hydrogen) atoms. The number of hydrogen-bond donors (Lipinski definition) is 0. The molecule has 0 saturated heterocycles. The van der Waals surface area contributed by atoms with Crippen molar-refractivity contribution >= 4 is 11.6 Å². The molecule has 0 N–H and O–H groups in total. The maximum atomic E-state index is 2.27. The zero-order valence-corrected chi connectivity index (χ0v) is 12.1. The lowest BCUT2D eigenvalue weighted by molar-refractivity contribution is -0.659. The van der Waals surface area contributed by atoms with Gasteiger partial charge in [-0.2, -0.15) is 9.80 Å². The Morgan fingerprint density at radius 1 is 0.800 bits per heavy atom. The summed E-state index contributed by atoms with van der Waals surface area (Å²) in [5.74, 6) is 2.36. The first-order chi connectivity index (χ1) is 9.68. The van der Waals surface area contributed by atoms with Crippen LogP contribution in [0.5, 0.6) is 0 Å². The SMILES string of the molecule is CC1N(c2cccc[n+]2C)C=CN1c1cccc[n+]1C. The molecule has 0 atom stereocenters. The van der Waals surface area contributed by atoms with Crippen LogP contribution in [0.3, 0.4) is 0 Å². The first-order valence-corrected chi connectivity index (χ1v) is 6.83. The molecule has 102 valence electrons. The maximum absolute atomic E-state index is 2.27. The lowest BCUT2D eigenvalue weighted by Crippen LogP contribution is -2.46. The Balaban J connectivity index is 1.93. The van der Waals surface area contributed by atoms with Crippen molar-refractivity contribution in [2.45, 2.75) is 13.1 Å². The quantitative estimate of drug-likeness (QED) is 0.766. The van der Waals surface area contributed by atoms with E-state index in [2.05, 4.69) is 89.0 Å². The van der Waals surface area contributed by atoms with E-state index in [-0.39, 0.29) is 6.17 Å². The third-order valence-electron chi connectivity index (χ3n) is 3.78. The molecule has 4 nitrogen and oxygen atoms in total. The van der Waals surface area contributed by atoms with Crippen molar-refractivity contribution in [3.8, 4) is 0 Å². The number of anilines is 2. The molecule has 0 unspecified atom stereocenters. The highest BCUT2D eigenvalue weighted by Gasteiger charge is 2.38. The van der Waals surface area contributed by atoms with Gasteiger partial charge in [-0.3, -0.25) is 0 Å². The smallest absolute Gasteiger partial charge is 0.237 e. The van der Waals surface area contributed by atoms with Crippen LogP contribution < -0.4 is 18.9 Å². The maximum Gasteiger partial charge on any atom is 0.284 e. The Kier molecular flexibility index (Phi) is 3.14. The van der Waals surface area contributed by atoms with Gasteiger partial charge in [0.15, 0.2) is 0 Å². The molecule has 2 aromatic heterocycles. The van der Waals surface area contributed by atoms with Crippen molar-refractivity contribution in [2.24, 2.45) is 14.1 Å². The Morgan fingerprint density at radius 3 is 1.65 bits per heavy atom. The fraction of sp³-hybridized carbons (Fsp3) is 0.250. The molecule has 0 amide bonds. The summed E-state index contributed by atoms with van der Waals surface area (Å²) in [7, 11) is 4.14. The normalized spacial score (nSPS) is 15.2. The second-order valence-electron chi connectivity index (χ2n) is 5.08. The number of rotatable bonds is 2. The highest BCUT2D eigenvalue weighted by molar-refractivity contribution is 5.52. The molecule has 0 bridgehead atoms. The van der Waals surface area contributed by atoms with Gasteiger partial charge >= 0.3 is 0 Å². The number of aromatic nitrogens is 2. The van der Waals surface area contributed by atoms with Gasteiger partial charge in [0, 0.05) is 19.1 Å². The summed E-state index contributed by atoms with van der Waals surface area (Å²) in [5.41, 5.74) is 0. The van der Waals surface area contributed by atoms with Crippen LogP contribution in [0, 0.1) is 0 Å². The molecule has 1 aliphatic heterocycles. The summed E-state index contributed by atoms with van der Waals surface area (Å²) in [6.45, 7) is 2.21. The molecule has 3 heterocycles. The summed E-state index contributed by atoms with van der Waals surface area (Å²) in [6, 6.07) is 12.5. The van der Waals surface area contributed by atoms with Crippen LogP contribution in [0.25, 0.3) is 0 Å². The van der Waals surface area contributed by atoms with E-state index in [1.54, 1.807) is 0 Å². The molecule has 0 saturated carbocycles. The summed E-state index contributed by atoms with van der Waals surface area (Å²) < 4.78 is 4.27. The van der Waals surface area contributed by atoms with Gasteiger partial charge in [-0.1, -0.05) is 12.1 Å². The minimum absolute atomic E-state index is 0.247.